The van der Waals surface area contributed by atoms with E-state index in [2.05, 4.69) is 27.3 Å². The molecule has 0 unspecified atom stereocenters. The third-order valence-electron chi connectivity index (χ3n) is 2.89. The Morgan fingerprint density at radius 1 is 1.19 bits per heavy atom. The maximum Gasteiger partial charge on any atom is 0.270 e. The monoisotopic (exact) mass is 345 g/mol. The van der Waals surface area contributed by atoms with Crippen LogP contribution in [0.5, 0.6) is 0 Å². The maximum absolute atomic E-state index is 10.8. The number of benzene rings is 2. The van der Waals surface area contributed by atoms with E-state index in [0.29, 0.717) is 17.4 Å². The molecule has 21 heavy (non-hydrogen) atoms. The second-order valence-electron chi connectivity index (χ2n) is 4.46. The molecule has 0 aromatic heterocycles. The van der Waals surface area contributed by atoms with Gasteiger partial charge < -0.3 is 5.32 Å². The van der Waals surface area contributed by atoms with Gasteiger partial charge in [-0.25, -0.2) is 0 Å². The Labute approximate surface area is 130 Å². The molecule has 0 fully saturated rings. The van der Waals surface area contributed by atoms with Crippen molar-refractivity contribution in [3.63, 3.8) is 0 Å². The van der Waals surface area contributed by atoms with Crippen molar-refractivity contribution >= 4 is 27.3 Å². The fraction of sp³-hybridized carbons (Fsp3) is 0.133. The first-order valence-electron chi connectivity index (χ1n) is 6.22. The lowest BCUT2D eigenvalue weighted by Crippen LogP contribution is -2.00. The molecule has 0 bridgehead atoms. The van der Waals surface area contributed by atoms with Gasteiger partial charge in [0.2, 0.25) is 0 Å². The van der Waals surface area contributed by atoms with Crippen LogP contribution in [0.2, 0.25) is 0 Å². The Hall–Kier alpha value is -2.39. The molecule has 1 N–H and O–H groups in total. The standard InChI is InChI=1S/C15H12BrN3O2/c16-13-7-12(8-15(9-13)19(20)21)10-18-14-3-1-11(2-4-14)5-6-17/h1-4,7-9,18H,5,10H2. The minimum absolute atomic E-state index is 0.0607. The Bertz CT molecular complexity index is 693. The van der Waals surface area contributed by atoms with Gasteiger partial charge in [0.05, 0.1) is 17.4 Å². The highest BCUT2D eigenvalue weighted by Crippen LogP contribution is 2.22. The van der Waals surface area contributed by atoms with Crippen LogP contribution in [-0.4, -0.2) is 4.92 Å². The predicted octanol–water partition coefficient (Wildman–Crippen LogP) is 4.04. The summed E-state index contributed by atoms with van der Waals surface area (Å²) >= 11 is 3.27. The smallest absolute Gasteiger partial charge is 0.270 e. The van der Waals surface area contributed by atoms with Crippen LogP contribution in [0.4, 0.5) is 11.4 Å². The first-order chi connectivity index (χ1) is 10.1. The number of rotatable bonds is 5. The third-order valence-corrected chi connectivity index (χ3v) is 3.34. The van der Waals surface area contributed by atoms with Gasteiger partial charge in [0, 0.05) is 28.8 Å². The minimum atomic E-state index is -0.412. The average molecular weight is 346 g/mol. The number of nitrogens with zero attached hydrogens (tertiary/aromatic N) is 2. The Morgan fingerprint density at radius 3 is 2.52 bits per heavy atom. The van der Waals surface area contributed by atoms with Gasteiger partial charge in [0.1, 0.15) is 0 Å². The zero-order valence-electron chi connectivity index (χ0n) is 11.0. The Balaban J connectivity index is 2.06. The summed E-state index contributed by atoms with van der Waals surface area (Å²) in [6, 6.07) is 14.5. The lowest BCUT2D eigenvalue weighted by Gasteiger charge is -2.07. The van der Waals surface area contributed by atoms with Crippen molar-refractivity contribution in [1.29, 1.82) is 5.26 Å². The molecule has 0 saturated heterocycles. The molecule has 2 aromatic rings. The maximum atomic E-state index is 10.8. The molecule has 0 aliphatic heterocycles. The average Bonchev–Trinajstić information content (AvgIpc) is 2.46. The highest BCUT2D eigenvalue weighted by molar-refractivity contribution is 9.10. The second-order valence-corrected chi connectivity index (χ2v) is 5.38. The summed E-state index contributed by atoms with van der Waals surface area (Å²) in [6.45, 7) is 0.484. The van der Waals surface area contributed by atoms with Gasteiger partial charge in [-0.2, -0.15) is 5.26 Å². The second kappa shape index (κ2) is 6.86. The molecular weight excluding hydrogens is 334 g/mol. The van der Waals surface area contributed by atoms with Crippen LogP contribution in [0.25, 0.3) is 0 Å². The minimum Gasteiger partial charge on any atom is -0.381 e. The molecule has 0 aliphatic carbocycles. The van der Waals surface area contributed by atoms with E-state index in [4.69, 9.17) is 5.26 Å². The van der Waals surface area contributed by atoms with E-state index in [0.717, 1.165) is 16.8 Å². The number of hydrogen-bond donors (Lipinski definition) is 1. The summed E-state index contributed by atoms with van der Waals surface area (Å²) in [5, 5.41) is 22.6. The molecule has 0 aliphatic rings. The fourth-order valence-electron chi connectivity index (χ4n) is 1.88. The highest BCUT2D eigenvalue weighted by atomic mass is 79.9. The van der Waals surface area contributed by atoms with Crippen molar-refractivity contribution in [2.75, 3.05) is 5.32 Å². The summed E-state index contributed by atoms with van der Waals surface area (Å²) in [7, 11) is 0. The summed E-state index contributed by atoms with van der Waals surface area (Å²) in [6.07, 6.45) is 0.387. The molecule has 0 spiro atoms. The van der Waals surface area contributed by atoms with Crippen LogP contribution >= 0.6 is 15.9 Å². The van der Waals surface area contributed by atoms with E-state index >= 15 is 0 Å². The predicted molar refractivity (Wildman–Crippen MR) is 83.9 cm³/mol. The quantitative estimate of drug-likeness (QED) is 0.655. The van der Waals surface area contributed by atoms with Crippen molar-refractivity contribution in [3.05, 3.63) is 68.2 Å². The topological polar surface area (TPSA) is 79.0 Å². The summed E-state index contributed by atoms with van der Waals surface area (Å²) in [5.74, 6) is 0. The lowest BCUT2D eigenvalue weighted by atomic mass is 10.1. The van der Waals surface area contributed by atoms with Gasteiger partial charge in [-0.1, -0.05) is 28.1 Å². The van der Waals surface area contributed by atoms with Gasteiger partial charge in [0.15, 0.2) is 0 Å². The summed E-state index contributed by atoms with van der Waals surface area (Å²) in [4.78, 5) is 10.4. The molecule has 2 rings (SSSR count). The highest BCUT2D eigenvalue weighted by Gasteiger charge is 2.08. The molecule has 0 radical (unpaired) electrons. The molecular formula is C15H12BrN3O2. The Kier molecular flexibility index (Phi) is 4.90. The van der Waals surface area contributed by atoms with Crippen LogP contribution in [-0.2, 0) is 13.0 Å². The number of non-ortho nitro benzene ring substituents is 1. The van der Waals surface area contributed by atoms with Gasteiger partial charge >= 0.3 is 0 Å². The van der Waals surface area contributed by atoms with Crippen molar-refractivity contribution in [1.82, 2.24) is 0 Å². The summed E-state index contributed by atoms with van der Waals surface area (Å²) in [5.41, 5.74) is 2.74. The molecule has 106 valence electrons. The van der Waals surface area contributed by atoms with Crippen LogP contribution in [0.1, 0.15) is 11.1 Å². The SMILES string of the molecule is N#CCc1ccc(NCc2cc(Br)cc([N+](=O)[O-])c2)cc1. The first-order valence-corrected chi connectivity index (χ1v) is 7.01. The molecule has 0 atom stereocenters. The number of nitro groups is 1. The zero-order valence-corrected chi connectivity index (χ0v) is 12.6. The molecule has 0 heterocycles. The van der Waals surface area contributed by atoms with Crippen LogP contribution in [0.15, 0.2) is 46.9 Å². The van der Waals surface area contributed by atoms with Crippen molar-refractivity contribution in [2.45, 2.75) is 13.0 Å². The number of nitriles is 1. The van der Waals surface area contributed by atoms with Crippen LogP contribution < -0.4 is 5.32 Å². The molecule has 2 aromatic carbocycles. The molecule has 0 amide bonds. The van der Waals surface area contributed by atoms with Crippen LogP contribution in [0, 0.1) is 21.4 Å². The van der Waals surface area contributed by atoms with Crippen LogP contribution in [0.3, 0.4) is 0 Å². The first kappa shape index (κ1) is 15.0. The van der Waals surface area contributed by atoms with Crippen molar-refractivity contribution in [2.24, 2.45) is 0 Å². The Morgan fingerprint density at radius 2 is 1.90 bits per heavy atom. The summed E-state index contributed by atoms with van der Waals surface area (Å²) < 4.78 is 0.679. The van der Waals surface area contributed by atoms with Gasteiger partial charge in [-0.3, -0.25) is 10.1 Å². The van der Waals surface area contributed by atoms with Crippen molar-refractivity contribution in [3.8, 4) is 6.07 Å². The normalized spacial score (nSPS) is 9.90. The number of anilines is 1. The van der Waals surface area contributed by atoms with E-state index < -0.39 is 4.92 Å². The zero-order chi connectivity index (χ0) is 15.2. The van der Waals surface area contributed by atoms with E-state index in [1.165, 1.54) is 6.07 Å². The number of nitrogens with one attached hydrogen (secondary N) is 1. The number of hydrogen-bond acceptors (Lipinski definition) is 4. The van der Waals surface area contributed by atoms with E-state index in [1.807, 2.05) is 30.3 Å². The molecule has 5 nitrogen and oxygen atoms in total. The molecule has 0 saturated carbocycles. The van der Waals surface area contributed by atoms with Crippen molar-refractivity contribution < 1.29 is 4.92 Å². The third kappa shape index (κ3) is 4.29. The molecule has 6 heteroatoms. The number of nitro benzene ring substituents is 1. The number of halogens is 1. The van der Waals surface area contributed by atoms with Gasteiger partial charge in [-0.05, 0) is 29.3 Å². The lowest BCUT2D eigenvalue weighted by molar-refractivity contribution is -0.385. The van der Waals surface area contributed by atoms with E-state index in [1.54, 1.807) is 6.07 Å². The van der Waals surface area contributed by atoms with Gasteiger partial charge in [0.25, 0.3) is 5.69 Å². The largest absolute Gasteiger partial charge is 0.381 e. The van der Waals surface area contributed by atoms with E-state index in [9.17, 15) is 10.1 Å². The van der Waals surface area contributed by atoms with Gasteiger partial charge in [-0.15, -0.1) is 0 Å². The fourth-order valence-corrected chi connectivity index (χ4v) is 2.41. The van der Waals surface area contributed by atoms with E-state index in [-0.39, 0.29) is 5.69 Å².